The first-order valence-electron chi connectivity index (χ1n) is 7.88. The van der Waals surface area contributed by atoms with E-state index in [2.05, 4.69) is 31.0 Å². The number of sulfonamides is 1. The molecule has 10 heteroatoms. The van der Waals surface area contributed by atoms with E-state index in [1.165, 1.54) is 24.2 Å². The lowest BCUT2D eigenvalue weighted by Gasteiger charge is -2.20. The second kappa shape index (κ2) is 6.64. The van der Waals surface area contributed by atoms with Gasteiger partial charge in [-0.25, -0.2) is 8.42 Å². The number of thiophene rings is 1. The first kappa shape index (κ1) is 16.9. The van der Waals surface area contributed by atoms with Gasteiger partial charge in [0.15, 0.2) is 0 Å². The van der Waals surface area contributed by atoms with Crippen molar-refractivity contribution in [2.75, 3.05) is 31.1 Å². The zero-order valence-electron chi connectivity index (χ0n) is 12.9. The Kier molecular flexibility index (Phi) is 4.67. The van der Waals surface area contributed by atoms with Crippen LogP contribution in [0.25, 0.3) is 0 Å². The quantitative estimate of drug-likeness (QED) is 0.718. The van der Waals surface area contributed by atoms with E-state index in [4.69, 9.17) is 0 Å². The molecule has 2 fully saturated rings. The highest BCUT2D eigenvalue weighted by molar-refractivity contribution is 9.11. The molecule has 3 heterocycles. The van der Waals surface area contributed by atoms with E-state index in [0.717, 1.165) is 26.9 Å². The minimum Gasteiger partial charge on any atom is -0.345 e. The van der Waals surface area contributed by atoms with E-state index in [1.807, 2.05) is 0 Å². The lowest BCUT2D eigenvalue weighted by molar-refractivity contribution is 0.434. The van der Waals surface area contributed by atoms with Crippen molar-refractivity contribution >= 4 is 53.8 Å². The Bertz CT molecular complexity index is 831. The third-order valence-corrected chi connectivity index (χ3v) is 9.36. The van der Waals surface area contributed by atoms with Gasteiger partial charge in [0, 0.05) is 32.1 Å². The van der Waals surface area contributed by atoms with Gasteiger partial charge in [-0.1, -0.05) is 11.3 Å². The molecule has 0 unspecified atom stereocenters. The number of nitrogens with zero attached hydrogens (tertiary/aromatic N) is 4. The van der Waals surface area contributed by atoms with Crippen LogP contribution < -0.4 is 4.90 Å². The first-order valence-corrected chi connectivity index (χ1v) is 11.7. The van der Waals surface area contributed by atoms with Crippen LogP contribution in [0.15, 0.2) is 20.1 Å². The predicted octanol–water partition coefficient (Wildman–Crippen LogP) is 3.14. The second-order valence-corrected chi connectivity index (χ2v) is 11.6. The fourth-order valence-electron chi connectivity index (χ4n) is 2.74. The summed E-state index contributed by atoms with van der Waals surface area (Å²) in [6.07, 6.45) is 3.23. The van der Waals surface area contributed by atoms with Gasteiger partial charge in [0.05, 0.1) is 3.79 Å². The van der Waals surface area contributed by atoms with E-state index in [9.17, 15) is 8.42 Å². The van der Waals surface area contributed by atoms with Gasteiger partial charge < -0.3 is 4.90 Å². The molecule has 2 aromatic rings. The summed E-state index contributed by atoms with van der Waals surface area (Å²) in [6, 6.07) is 3.45. The molecular weight excluding hydrogens is 432 g/mol. The highest BCUT2D eigenvalue weighted by Crippen LogP contribution is 2.42. The third-order valence-electron chi connectivity index (χ3n) is 4.22. The minimum absolute atomic E-state index is 0.398. The van der Waals surface area contributed by atoms with Crippen LogP contribution in [0, 0.1) is 0 Å². The van der Waals surface area contributed by atoms with Gasteiger partial charge in [-0.2, -0.15) is 4.31 Å². The van der Waals surface area contributed by atoms with Crippen molar-refractivity contribution in [1.82, 2.24) is 14.5 Å². The largest absolute Gasteiger partial charge is 0.345 e. The van der Waals surface area contributed by atoms with E-state index >= 15 is 0 Å². The van der Waals surface area contributed by atoms with Crippen LogP contribution in [-0.2, 0) is 10.0 Å². The summed E-state index contributed by atoms with van der Waals surface area (Å²) in [5.74, 6) is 0.609. The van der Waals surface area contributed by atoms with E-state index < -0.39 is 10.0 Å². The smallest absolute Gasteiger partial charge is 0.252 e. The Morgan fingerprint density at radius 3 is 2.62 bits per heavy atom. The van der Waals surface area contributed by atoms with Crippen LogP contribution in [0.3, 0.4) is 0 Å². The Labute approximate surface area is 157 Å². The number of hydrogen-bond donors (Lipinski definition) is 0. The Morgan fingerprint density at radius 1 is 1.08 bits per heavy atom. The van der Waals surface area contributed by atoms with Crippen LogP contribution in [-0.4, -0.2) is 49.1 Å². The molecule has 0 spiro atoms. The molecule has 0 aromatic carbocycles. The standard InChI is InChI=1S/C14H17BrN4O2S3/c15-11-4-5-12(22-11)24(20,21)19-7-1-6-18(8-9-19)14-17-16-13(23-14)10-2-3-10/h4-5,10H,1-3,6-9H2. The van der Waals surface area contributed by atoms with Gasteiger partial charge in [0.1, 0.15) is 9.22 Å². The maximum Gasteiger partial charge on any atom is 0.252 e. The number of halogens is 1. The SMILES string of the molecule is O=S(=O)(c1ccc(Br)s1)N1CCCN(c2nnc(C3CC3)s2)CC1. The Balaban J connectivity index is 1.47. The van der Waals surface area contributed by atoms with Crippen LogP contribution in [0.1, 0.15) is 30.2 Å². The van der Waals surface area contributed by atoms with Crippen molar-refractivity contribution in [3.05, 3.63) is 20.9 Å². The molecule has 1 aliphatic carbocycles. The topological polar surface area (TPSA) is 66.4 Å². The number of aromatic nitrogens is 2. The predicted molar refractivity (Wildman–Crippen MR) is 99.5 cm³/mol. The van der Waals surface area contributed by atoms with Crippen LogP contribution in [0.4, 0.5) is 5.13 Å². The second-order valence-electron chi connectivity index (χ2n) is 6.00. The van der Waals surface area contributed by atoms with Gasteiger partial charge in [-0.3, -0.25) is 0 Å². The number of rotatable bonds is 4. The molecule has 130 valence electrons. The highest BCUT2D eigenvalue weighted by Gasteiger charge is 2.31. The molecule has 4 rings (SSSR count). The minimum atomic E-state index is -3.41. The molecule has 0 atom stereocenters. The summed E-state index contributed by atoms with van der Waals surface area (Å²) in [5.41, 5.74) is 0. The van der Waals surface area contributed by atoms with Gasteiger partial charge >= 0.3 is 0 Å². The zero-order chi connectivity index (χ0) is 16.7. The molecule has 0 amide bonds. The van der Waals surface area contributed by atoms with E-state index in [1.54, 1.807) is 27.8 Å². The fourth-order valence-corrected chi connectivity index (χ4v) is 7.44. The van der Waals surface area contributed by atoms with Crippen molar-refractivity contribution in [1.29, 1.82) is 0 Å². The van der Waals surface area contributed by atoms with Crippen molar-refractivity contribution in [3.63, 3.8) is 0 Å². The lowest BCUT2D eigenvalue weighted by Crippen LogP contribution is -2.34. The summed E-state index contributed by atoms with van der Waals surface area (Å²) in [4.78, 5) is 2.17. The number of anilines is 1. The molecule has 1 saturated heterocycles. The average molecular weight is 449 g/mol. The third kappa shape index (κ3) is 3.39. The van der Waals surface area contributed by atoms with Crippen molar-refractivity contribution in [3.8, 4) is 0 Å². The van der Waals surface area contributed by atoms with Crippen molar-refractivity contribution < 1.29 is 8.42 Å². The molecule has 0 N–H and O–H groups in total. The maximum absolute atomic E-state index is 12.8. The van der Waals surface area contributed by atoms with Gasteiger partial charge in [0.2, 0.25) is 5.13 Å². The van der Waals surface area contributed by atoms with Crippen molar-refractivity contribution in [2.24, 2.45) is 0 Å². The van der Waals surface area contributed by atoms with E-state index in [0.29, 0.717) is 29.8 Å². The summed E-state index contributed by atoms with van der Waals surface area (Å²) in [6.45, 7) is 2.50. The normalized spacial score (nSPS) is 20.3. The Morgan fingerprint density at radius 2 is 1.92 bits per heavy atom. The number of hydrogen-bond acceptors (Lipinski definition) is 7. The maximum atomic E-state index is 12.8. The molecule has 24 heavy (non-hydrogen) atoms. The van der Waals surface area contributed by atoms with Crippen LogP contribution >= 0.6 is 38.6 Å². The molecule has 0 bridgehead atoms. The molecule has 0 radical (unpaired) electrons. The molecule has 1 aliphatic heterocycles. The summed E-state index contributed by atoms with van der Waals surface area (Å²) >= 11 is 6.25. The van der Waals surface area contributed by atoms with E-state index in [-0.39, 0.29) is 0 Å². The molecule has 1 saturated carbocycles. The molecule has 6 nitrogen and oxygen atoms in total. The fraction of sp³-hybridized carbons (Fsp3) is 0.571. The average Bonchev–Trinajstić information content (AvgIpc) is 3.22. The monoisotopic (exact) mass is 448 g/mol. The molecule has 2 aromatic heterocycles. The van der Waals surface area contributed by atoms with Crippen molar-refractivity contribution in [2.45, 2.75) is 29.4 Å². The first-order chi connectivity index (χ1) is 11.5. The summed E-state index contributed by atoms with van der Waals surface area (Å²) in [5, 5.41) is 10.7. The Hall–Kier alpha value is -0.550. The summed E-state index contributed by atoms with van der Waals surface area (Å²) < 4.78 is 28.4. The molecular formula is C14H17BrN4O2S3. The lowest BCUT2D eigenvalue weighted by atomic mass is 10.4. The van der Waals surface area contributed by atoms with Crippen LogP contribution in [0.2, 0.25) is 0 Å². The molecule has 2 aliphatic rings. The van der Waals surface area contributed by atoms with Gasteiger partial charge in [-0.05, 0) is 47.3 Å². The summed E-state index contributed by atoms with van der Waals surface area (Å²) in [7, 11) is -3.41. The van der Waals surface area contributed by atoms with Crippen LogP contribution in [0.5, 0.6) is 0 Å². The zero-order valence-corrected chi connectivity index (χ0v) is 16.9. The highest BCUT2D eigenvalue weighted by atomic mass is 79.9. The van der Waals surface area contributed by atoms with Gasteiger partial charge in [0.25, 0.3) is 10.0 Å². The van der Waals surface area contributed by atoms with Gasteiger partial charge in [-0.15, -0.1) is 21.5 Å².